The molecule has 4 aromatic rings. The fourth-order valence-corrected chi connectivity index (χ4v) is 4.11. The fraction of sp³-hybridized carbons (Fsp3) is 0.333. The molecule has 8 nitrogen and oxygen atoms in total. The summed E-state index contributed by atoms with van der Waals surface area (Å²) in [5, 5.41) is 5.65. The van der Waals surface area contributed by atoms with Crippen molar-refractivity contribution in [3.05, 3.63) is 71.0 Å². The van der Waals surface area contributed by atoms with Crippen LogP contribution in [0.15, 0.2) is 48.5 Å². The maximum atomic E-state index is 12.4. The molecule has 0 radical (unpaired) electrons. The first kappa shape index (κ1) is 24.2. The Kier molecular flexibility index (Phi) is 7.29. The minimum atomic E-state index is -0.419. The van der Waals surface area contributed by atoms with Crippen LogP contribution >= 0.6 is 0 Å². The van der Waals surface area contributed by atoms with Crippen LogP contribution in [-0.4, -0.2) is 51.6 Å². The SMILES string of the molecule is CCOc1ccc(CN(C)C(=O)COC(=O)CCc2c(C)nc3c4ccccc4nn3c2C)cc1. The maximum absolute atomic E-state index is 12.4. The first-order valence-corrected chi connectivity index (χ1v) is 11.7. The molecule has 2 aromatic heterocycles. The Labute approximate surface area is 204 Å². The van der Waals surface area contributed by atoms with Gasteiger partial charge in [0, 0.05) is 36.8 Å². The maximum Gasteiger partial charge on any atom is 0.306 e. The topological polar surface area (TPSA) is 86.0 Å². The number of aryl methyl sites for hydroxylation is 2. The van der Waals surface area contributed by atoms with Crippen LogP contribution in [0.4, 0.5) is 0 Å². The van der Waals surface area contributed by atoms with Crippen molar-refractivity contribution in [1.29, 1.82) is 0 Å². The van der Waals surface area contributed by atoms with Gasteiger partial charge in [-0.25, -0.2) is 9.50 Å². The molecule has 0 unspecified atom stereocenters. The number of aromatic nitrogens is 3. The van der Waals surface area contributed by atoms with Gasteiger partial charge in [0.05, 0.1) is 12.1 Å². The van der Waals surface area contributed by atoms with Gasteiger partial charge >= 0.3 is 5.97 Å². The predicted octanol–water partition coefficient (Wildman–Crippen LogP) is 4.03. The van der Waals surface area contributed by atoms with Crippen LogP contribution in [0.3, 0.4) is 0 Å². The van der Waals surface area contributed by atoms with E-state index in [1.54, 1.807) is 7.05 Å². The molecule has 0 aliphatic carbocycles. The standard InChI is InChI=1S/C27H30N4O4/c1-5-34-21-12-10-20(11-13-21)16-30(4)25(32)17-35-26(33)15-14-22-18(2)28-27-23-8-6-7-9-24(23)29-31(27)19(22)3/h6-13H,5,14-17H2,1-4H3. The highest BCUT2D eigenvalue weighted by atomic mass is 16.5. The van der Waals surface area contributed by atoms with Gasteiger partial charge in [0.2, 0.25) is 0 Å². The number of amides is 1. The Bertz CT molecular complexity index is 1360. The van der Waals surface area contributed by atoms with E-state index in [4.69, 9.17) is 14.5 Å². The lowest BCUT2D eigenvalue weighted by Crippen LogP contribution is -2.30. The first-order valence-electron chi connectivity index (χ1n) is 11.7. The summed E-state index contributed by atoms with van der Waals surface area (Å²) in [6, 6.07) is 15.5. The van der Waals surface area contributed by atoms with Crippen LogP contribution in [-0.2, 0) is 27.3 Å². The van der Waals surface area contributed by atoms with E-state index in [9.17, 15) is 9.59 Å². The van der Waals surface area contributed by atoms with Gasteiger partial charge in [-0.15, -0.1) is 0 Å². The van der Waals surface area contributed by atoms with Crippen molar-refractivity contribution in [2.24, 2.45) is 0 Å². The Morgan fingerprint density at radius 2 is 1.80 bits per heavy atom. The molecule has 0 bridgehead atoms. The molecule has 0 spiro atoms. The number of hydrogen-bond acceptors (Lipinski definition) is 6. The third-order valence-electron chi connectivity index (χ3n) is 6.03. The molecule has 35 heavy (non-hydrogen) atoms. The fourth-order valence-electron chi connectivity index (χ4n) is 4.11. The van der Waals surface area contributed by atoms with Crippen molar-refractivity contribution in [2.75, 3.05) is 20.3 Å². The summed E-state index contributed by atoms with van der Waals surface area (Å²) < 4.78 is 12.5. The van der Waals surface area contributed by atoms with Crippen molar-refractivity contribution < 1.29 is 19.1 Å². The third-order valence-corrected chi connectivity index (χ3v) is 6.03. The van der Waals surface area contributed by atoms with E-state index in [-0.39, 0.29) is 18.9 Å². The lowest BCUT2D eigenvalue weighted by atomic mass is 10.1. The number of esters is 1. The number of likely N-dealkylation sites (N-methyl/N-ethyl adjacent to an activating group) is 1. The minimum absolute atomic E-state index is 0.158. The number of benzene rings is 2. The number of hydrogen-bond donors (Lipinski definition) is 0. The molecule has 0 aliphatic heterocycles. The smallest absolute Gasteiger partial charge is 0.306 e. The zero-order chi connectivity index (χ0) is 24.9. The van der Waals surface area contributed by atoms with Crippen molar-refractivity contribution in [1.82, 2.24) is 19.5 Å². The lowest BCUT2D eigenvalue weighted by Gasteiger charge is -2.17. The molecule has 0 saturated carbocycles. The molecule has 0 N–H and O–H groups in total. The summed E-state index contributed by atoms with van der Waals surface area (Å²) in [5.41, 5.74) is 5.43. The van der Waals surface area contributed by atoms with Crippen molar-refractivity contribution in [3.8, 4) is 5.75 Å². The second-order valence-electron chi connectivity index (χ2n) is 8.50. The number of carbonyl (C=O) groups is 2. The Morgan fingerprint density at radius 3 is 2.54 bits per heavy atom. The molecule has 1 amide bonds. The summed E-state index contributed by atoms with van der Waals surface area (Å²) in [4.78, 5) is 31.1. The van der Waals surface area contributed by atoms with Crippen molar-refractivity contribution in [2.45, 2.75) is 40.2 Å². The zero-order valence-electron chi connectivity index (χ0n) is 20.6. The summed E-state index contributed by atoms with van der Waals surface area (Å²) in [6.45, 7) is 6.59. The zero-order valence-corrected chi connectivity index (χ0v) is 20.6. The van der Waals surface area contributed by atoms with Gasteiger partial charge in [-0.2, -0.15) is 5.10 Å². The largest absolute Gasteiger partial charge is 0.494 e. The Morgan fingerprint density at radius 1 is 1.06 bits per heavy atom. The van der Waals surface area contributed by atoms with Gasteiger partial charge < -0.3 is 14.4 Å². The van der Waals surface area contributed by atoms with Gasteiger partial charge in [0.15, 0.2) is 12.3 Å². The molecule has 0 saturated heterocycles. The first-order chi connectivity index (χ1) is 16.9. The second kappa shape index (κ2) is 10.5. The minimum Gasteiger partial charge on any atom is -0.494 e. The number of rotatable bonds is 9. The molecular formula is C27H30N4O4. The normalized spacial score (nSPS) is 11.1. The van der Waals surface area contributed by atoms with E-state index in [2.05, 4.69) is 5.10 Å². The Balaban J connectivity index is 1.31. The summed E-state index contributed by atoms with van der Waals surface area (Å²) >= 11 is 0. The van der Waals surface area contributed by atoms with Crippen molar-refractivity contribution >= 4 is 28.4 Å². The van der Waals surface area contributed by atoms with Crippen LogP contribution in [0.2, 0.25) is 0 Å². The van der Waals surface area contributed by atoms with Gasteiger partial charge in [0.1, 0.15) is 5.75 Å². The Hall–Kier alpha value is -3.94. The number of carbonyl (C=O) groups excluding carboxylic acids is 2. The average Bonchev–Trinajstić information content (AvgIpc) is 3.22. The van der Waals surface area contributed by atoms with Gasteiger partial charge in [-0.3, -0.25) is 9.59 Å². The number of nitrogens with zero attached hydrogens (tertiary/aromatic N) is 4. The average molecular weight is 475 g/mol. The van der Waals surface area contributed by atoms with E-state index in [1.165, 1.54) is 4.90 Å². The molecule has 0 aliphatic rings. The second-order valence-corrected chi connectivity index (χ2v) is 8.50. The van der Waals surface area contributed by atoms with Crippen molar-refractivity contribution in [3.63, 3.8) is 0 Å². The van der Waals surface area contributed by atoms with Crippen LogP contribution in [0.25, 0.3) is 16.6 Å². The molecular weight excluding hydrogens is 444 g/mol. The summed E-state index contributed by atoms with van der Waals surface area (Å²) in [5.74, 6) is 0.114. The predicted molar refractivity (Wildman–Crippen MR) is 133 cm³/mol. The number of fused-ring (bicyclic) bond motifs is 3. The van der Waals surface area contributed by atoms with E-state index in [0.29, 0.717) is 19.6 Å². The molecule has 182 valence electrons. The lowest BCUT2D eigenvalue weighted by molar-refractivity contribution is -0.151. The molecule has 0 fully saturated rings. The van der Waals surface area contributed by atoms with Gasteiger partial charge in [0.25, 0.3) is 5.91 Å². The highest BCUT2D eigenvalue weighted by molar-refractivity contribution is 5.92. The van der Waals surface area contributed by atoms with E-state index >= 15 is 0 Å². The highest BCUT2D eigenvalue weighted by Gasteiger charge is 2.17. The quantitative estimate of drug-likeness (QED) is 0.341. The van der Waals surface area contributed by atoms with Gasteiger partial charge in [-0.1, -0.05) is 24.3 Å². The monoisotopic (exact) mass is 474 g/mol. The molecule has 2 aromatic carbocycles. The molecule has 4 rings (SSSR count). The third kappa shape index (κ3) is 5.42. The van der Waals surface area contributed by atoms with E-state index in [1.807, 2.05) is 73.8 Å². The van der Waals surface area contributed by atoms with Crippen LogP contribution in [0, 0.1) is 13.8 Å². The van der Waals surface area contributed by atoms with E-state index < -0.39 is 5.97 Å². The highest BCUT2D eigenvalue weighted by Crippen LogP contribution is 2.23. The van der Waals surface area contributed by atoms with E-state index in [0.717, 1.165) is 44.8 Å². The molecule has 0 atom stereocenters. The molecule has 8 heteroatoms. The summed E-state index contributed by atoms with van der Waals surface area (Å²) in [7, 11) is 1.69. The van der Waals surface area contributed by atoms with Crippen LogP contribution in [0.1, 0.15) is 35.9 Å². The molecule has 2 heterocycles. The van der Waals surface area contributed by atoms with Gasteiger partial charge in [-0.05, 0) is 62.6 Å². The summed E-state index contributed by atoms with van der Waals surface area (Å²) in [6.07, 6.45) is 0.622. The van der Waals surface area contributed by atoms with Crippen LogP contribution in [0.5, 0.6) is 5.75 Å². The van der Waals surface area contributed by atoms with Crippen LogP contribution < -0.4 is 4.74 Å². The number of ether oxygens (including phenoxy) is 2.